The molecule has 16 heavy (non-hydrogen) atoms. The number of nitrogens with one attached hydrogen (secondary N) is 1. The highest BCUT2D eigenvalue weighted by Gasteiger charge is 2.17. The Morgan fingerprint density at radius 2 is 2.38 bits per heavy atom. The summed E-state index contributed by atoms with van der Waals surface area (Å²) < 4.78 is 6.58. The summed E-state index contributed by atoms with van der Waals surface area (Å²) in [6.07, 6.45) is 4.83. The van der Waals surface area contributed by atoms with Gasteiger partial charge in [0.25, 0.3) is 0 Å². The first-order valence-corrected chi connectivity index (χ1v) is 5.44. The fraction of sp³-hybridized carbons (Fsp3) is 0.444. The number of imidazole rings is 1. The highest BCUT2D eigenvalue weighted by Crippen LogP contribution is 2.12. The summed E-state index contributed by atoms with van der Waals surface area (Å²) in [5.74, 6) is -0.414. The van der Waals surface area contributed by atoms with Crippen molar-refractivity contribution in [3.8, 4) is 0 Å². The van der Waals surface area contributed by atoms with Crippen LogP contribution >= 0.6 is 24.8 Å². The molecule has 0 saturated heterocycles. The Hall–Kier alpha value is -1.08. The van der Waals surface area contributed by atoms with Crippen LogP contribution in [-0.2, 0) is 9.53 Å². The molecule has 1 rings (SSSR count). The third-order valence-electron chi connectivity index (χ3n) is 1.49. The van der Waals surface area contributed by atoms with Gasteiger partial charge in [0.2, 0.25) is 0 Å². The van der Waals surface area contributed by atoms with E-state index in [1.165, 1.54) is 0 Å². The van der Waals surface area contributed by atoms with Crippen molar-refractivity contribution >= 4 is 35.9 Å². The predicted octanol–water partition coefficient (Wildman–Crippen LogP) is 0.815. The minimum Gasteiger partial charge on any atom is -0.448 e. The Morgan fingerprint density at radius 1 is 1.69 bits per heavy atom. The van der Waals surface area contributed by atoms with Crippen LogP contribution < -0.4 is 5.32 Å². The third-order valence-corrected chi connectivity index (χ3v) is 1.93. The van der Waals surface area contributed by atoms with Crippen molar-refractivity contribution in [3.05, 3.63) is 18.7 Å². The standard InChI is InChI=1S/C9H13N3O2S2/c1-9(2,16)14-7(13)5-11-8(15)12-4-3-10-6-12/h3-4,6,16H,5H2,1-2H3,(H,11,15). The molecule has 0 bridgehead atoms. The normalized spacial score (nSPS) is 10.9. The molecule has 0 spiro atoms. The maximum absolute atomic E-state index is 11.3. The Morgan fingerprint density at radius 3 is 2.88 bits per heavy atom. The van der Waals surface area contributed by atoms with Crippen molar-refractivity contribution in [1.29, 1.82) is 0 Å². The maximum Gasteiger partial charge on any atom is 0.326 e. The first-order chi connectivity index (χ1) is 7.38. The van der Waals surface area contributed by atoms with Gasteiger partial charge in [0.05, 0.1) is 0 Å². The van der Waals surface area contributed by atoms with E-state index in [0.29, 0.717) is 5.11 Å². The monoisotopic (exact) mass is 259 g/mol. The van der Waals surface area contributed by atoms with Crippen LogP contribution in [0.1, 0.15) is 13.8 Å². The number of hydrogen-bond acceptors (Lipinski definition) is 5. The van der Waals surface area contributed by atoms with Crippen molar-refractivity contribution in [1.82, 2.24) is 14.9 Å². The van der Waals surface area contributed by atoms with Crippen LogP contribution in [0.4, 0.5) is 0 Å². The second-order valence-electron chi connectivity index (χ2n) is 3.55. The maximum atomic E-state index is 11.3. The van der Waals surface area contributed by atoms with Crippen LogP contribution in [0.2, 0.25) is 0 Å². The van der Waals surface area contributed by atoms with E-state index < -0.39 is 10.9 Å². The second-order valence-corrected chi connectivity index (χ2v) is 5.01. The van der Waals surface area contributed by atoms with Crippen LogP contribution in [0.25, 0.3) is 0 Å². The Kier molecular flexibility index (Phi) is 4.31. The van der Waals surface area contributed by atoms with Gasteiger partial charge in [0.15, 0.2) is 5.11 Å². The molecule has 5 nitrogen and oxygen atoms in total. The first kappa shape index (κ1) is 13.0. The smallest absolute Gasteiger partial charge is 0.326 e. The molecule has 0 aliphatic carbocycles. The van der Waals surface area contributed by atoms with Crippen LogP contribution in [-0.4, -0.2) is 32.1 Å². The zero-order valence-electron chi connectivity index (χ0n) is 9.01. The lowest BCUT2D eigenvalue weighted by atomic mass is 10.4. The average molecular weight is 259 g/mol. The van der Waals surface area contributed by atoms with E-state index >= 15 is 0 Å². The predicted molar refractivity (Wildman–Crippen MR) is 67.4 cm³/mol. The molecule has 0 radical (unpaired) electrons. The highest BCUT2D eigenvalue weighted by atomic mass is 32.1. The van der Waals surface area contributed by atoms with Crippen molar-refractivity contribution in [2.45, 2.75) is 18.8 Å². The van der Waals surface area contributed by atoms with Gasteiger partial charge in [-0.05, 0) is 26.1 Å². The average Bonchev–Trinajstić information content (AvgIpc) is 2.64. The Balaban J connectivity index is 2.35. The summed E-state index contributed by atoms with van der Waals surface area (Å²) in [5, 5.41) is 3.15. The van der Waals surface area contributed by atoms with Gasteiger partial charge in [-0.2, -0.15) is 0 Å². The summed E-state index contributed by atoms with van der Waals surface area (Å²) in [6.45, 7) is 3.37. The molecule has 0 atom stereocenters. The van der Waals surface area contributed by atoms with Gasteiger partial charge in [-0.25, -0.2) is 4.98 Å². The molecule has 0 unspecified atom stereocenters. The van der Waals surface area contributed by atoms with Crippen LogP contribution in [0.5, 0.6) is 0 Å². The number of nitrogens with zero attached hydrogens (tertiary/aromatic N) is 2. The van der Waals surface area contributed by atoms with Crippen LogP contribution in [0.3, 0.4) is 0 Å². The van der Waals surface area contributed by atoms with Gasteiger partial charge in [-0.3, -0.25) is 9.36 Å². The van der Waals surface area contributed by atoms with Crippen molar-refractivity contribution in [2.24, 2.45) is 0 Å². The third kappa shape index (κ3) is 4.63. The molecule has 0 fully saturated rings. The Bertz CT molecular complexity index is 371. The molecule has 1 aromatic heterocycles. The zero-order chi connectivity index (χ0) is 12.2. The molecule has 0 saturated carbocycles. The summed E-state index contributed by atoms with van der Waals surface area (Å²) in [5.41, 5.74) is 0. The van der Waals surface area contributed by atoms with E-state index in [9.17, 15) is 4.79 Å². The molecule has 0 aliphatic rings. The van der Waals surface area contributed by atoms with Crippen molar-refractivity contribution in [2.75, 3.05) is 6.54 Å². The molecule has 1 heterocycles. The number of thiol groups is 1. The van der Waals surface area contributed by atoms with E-state index in [0.717, 1.165) is 0 Å². The van der Waals surface area contributed by atoms with E-state index in [1.54, 1.807) is 37.1 Å². The van der Waals surface area contributed by atoms with Crippen LogP contribution in [0.15, 0.2) is 18.7 Å². The fourth-order valence-corrected chi connectivity index (χ4v) is 1.21. The summed E-state index contributed by atoms with van der Waals surface area (Å²) in [6, 6.07) is 0. The lowest BCUT2D eigenvalue weighted by Crippen LogP contribution is -2.35. The van der Waals surface area contributed by atoms with Gasteiger partial charge < -0.3 is 10.1 Å². The van der Waals surface area contributed by atoms with E-state index in [4.69, 9.17) is 17.0 Å². The molecular weight excluding hydrogens is 246 g/mol. The largest absolute Gasteiger partial charge is 0.448 e. The zero-order valence-corrected chi connectivity index (χ0v) is 10.7. The molecule has 0 aliphatic heterocycles. The van der Waals surface area contributed by atoms with Gasteiger partial charge in [0.1, 0.15) is 17.8 Å². The SMILES string of the molecule is CC(C)(S)OC(=O)CNC(=S)n1ccnc1. The lowest BCUT2D eigenvalue weighted by molar-refractivity contribution is -0.147. The van der Waals surface area contributed by atoms with E-state index in [1.807, 2.05) is 0 Å². The quantitative estimate of drug-likeness (QED) is 0.364. The number of carbonyl (C=O) groups is 1. The topological polar surface area (TPSA) is 56.1 Å². The van der Waals surface area contributed by atoms with Crippen LogP contribution in [0, 0.1) is 0 Å². The molecule has 88 valence electrons. The lowest BCUT2D eigenvalue weighted by Gasteiger charge is -2.18. The van der Waals surface area contributed by atoms with Crippen molar-refractivity contribution < 1.29 is 9.53 Å². The molecule has 0 aromatic carbocycles. The number of esters is 1. The molecule has 1 aromatic rings. The molecule has 1 N–H and O–H groups in total. The number of rotatable bonds is 3. The van der Waals surface area contributed by atoms with Gasteiger partial charge in [0, 0.05) is 12.4 Å². The minimum absolute atomic E-state index is 0.000995. The second kappa shape index (κ2) is 5.31. The fourth-order valence-electron chi connectivity index (χ4n) is 0.933. The molecule has 7 heteroatoms. The van der Waals surface area contributed by atoms with Gasteiger partial charge >= 0.3 is 5.97 Å². The summed E-state index contributed by atoms with van der Waals surface area (Å²) in [4.78, 5) is 14.4. The first-order valence-electron chi connectivity index (χ1n) is 4.59. The van der Waals surface area contributed by atoms with E-state index in [-0.39, 0.29) is 6.54 Å². The number of carbonyl (C=O) groups excluding carboxylic acids is 1. The van der Waals surface area contributed by atoms with E-state index in [2.05, 4.69) is 22.9 Å². The molecule has 0 amide bonds. The van der Waals surface area contributed by atoms with Gasteiger partial charge in [-0.15, -0.1) is 12.6 Å². The van der Waals surface area contributed by atoms with Gasteiger partial charge in [-0.1, -0.05) is 0 Å². The minimum atomic E-state index is -0.782. The Labute approximate surface area is 105 Å². The summed E-state index contributed by atoms with van der Waals surface area (Å²) >= 11 is 9.10. The summed E-state index contributed by atoms with van der Waals surface area (Å²) in [7, 11) is 0. The van der Waals surface area contributed by atoms with Crippen molar-refractivity contribution in [3.63, 3.8) is 0 Å². The number of aromatic nitrogens is 2. The number of hydrogen-bond donors (Lipinski definition) is 2. The molecular formula is C9H13N3O2S2. The highest BCUT2D eigenvalue weighted by molar-refractivity contribution is 7.81. The number of thiocarbonyl (C=S) groups is 1. The number of ether oxygens (including phenoxy) is 1.